The number of ether oxygens (including phenoxy) is 1. The molecule has 6 nitrogen and oxygen atoms in total. The molecule has 0 radical (unpaired) electrons. The number of benzene rings is 1. The number of carbonyl (C=O) groups excluding carboxylic acids is 2. The van der Waals surface area contributed by atoms with Crippen molar-refractivity contribution in [2.45, 2.75) is 46.0 Å². The Hall–Kier alpha value is -2.63. The molecule has 0 unspecified atom stereocenters. The minimum atomic E-state index is -0.333. The zero-order valence-corrected chi connectivity index (χ0v) is 16.5. The molecular formula is C22H27N3O3. The molecule has 1 aromatic heterocycles. The van der Waals surface area contributed by atoms with Crippen LogP contribution in [0.5, 0.6) is 0 Å². The SMILES string of the molecule is Cc1nn(-c2ccccc2)c(C)c1NC(=O)COC(=O)C[C@H]1C[C@H]2CC[C@@H]1C2. The van der Waals surface area contributed by atoms with Gasteiger partial charge in [0.1, 0.15) is 0 Å². The number of amides is 1. The van der Waals surface area contributed by atoms with Crippen LogP contribution in [0.25, 0.3) is 5.69 Å². The quantitative estimate of drug-likeness (QED) is 0.773. The number of nitrogens with zero attached hydrogens (tertiary/aromatic N) is 2. The van der Waals surface area contributed by atoms with E-state index in [1.807, 2.05) is 44.2 Å². The summed E-state index contributed by atoms with van der Waals surface area (Å²) in [5.74, 6) is 1.34. The standard InChI is InChI=1S/C22H27N3O3/c1-14-22(15(2)25(24-14)19-6-4-3-5-7-19)23-20(26)13-28-21(27)12-18-11-16-8-9-17(18)10-16/h3-7,16-18H,8-13H2,1-2H3,(H,23,26)/t16-,17+,18+/m0/s1. The van der Waals surface area contributed by atoms with Crippen molar-refractivity contribution in [1.82, 2.24) is 9.78 Å². The summed E-state index contributed by atoms with van der Waals surface area (Å²) >= 11 is 0. The lowest BCUT2D eigenvalue weighted by atomic mass is 9.86. The molecule has 0 spiro atoms. The van der Waals surface area contributed by atoms with E-state index >= 15 is 0 Å². The summed E-state index contributed by atoms with van der Waals surface area (Å²) in [4.78, 5) is 24.4. The highest BCUT2D eigenvalue weighted by Crippen LogP contribution is 2.49. The van der Waals surface area contributed by atoms with Gasteiger partial charge < -0.3 is 10.1 Å². The summed E-state index contributed by atoms with van der Waals surface area (Å²) in [7, 11) is 0. The van der Waals surface area contributed by atoms with Gasteiger partial charge in [0.05, 0.1) is 22.8 Å². The number of fused-ring (bicyclic) bond motifs is 2. The van der Waals surface area contributed by atoms with Gasteiger partial charge in [-0.25, -0.2) is 4.68 Å². The lowest BCUT2D eigenvalue weighted by Gasteiger charge is -2.20. The number of nitrogens with one attached hydrogen (secondary N) is 1. The first kappa shape index (κ1) is 18.7. The van der Waals surface area contributed by atoms with Crippen molar-refractivity contribution in [3.8, 4) is 5.69 Å². The fourth-order valence-corrected chi connectivity index (χ4v) is 4.87. The van der Waals surface area contributed by atoms with Gasteiger partial charge in [-0.1, -0.05) is 24.6 Å². The second-order valence-electron chi connectivity index (χ2n) is 8.14. The first-order valence-electron chi connectivity index (χ1n) is 10.1. The topological polar surface area (TPSA) is 73.2 Å². The highest BCUT2D eigenvalue weighted by atomic mass is 16.5. The van der Waals surface area contributed by atoms with E-state index in [0.717, 1.165) is 29.4 Å². The summed E-state index contributed by atoms with van der Waals surface area (Å²) < 4.78 is 7.04. The molecule has 28 heavy (non-hydrogen) atoms. The molecular weight excluding hydrogens is 354 g/mol. The van der Waals surface area contributed by atoms with Gasteiger partial charge in [-0.2, -0.15) is 5.10 Å². The van der Waals surface area contributed by atoms with E-state index < -0.39 is 0 Å². The molecule has 1 heterocycles. The minimum absolute atomic E-state index is 0.255. The Morgan fingerprint density at radius 2 is 1.96 bits per heavy atom. The molecule has 4 rings (SSSR count). The minimum Gasteiger partial charge on any atom is -0.456 e. The van der Waals surface area contributed by atoms with Crippen LogP contribution < -0.4 is 5.32 Å². The third-order valence-electron chi connectivity index (χ3n) is 6.23. The van der Waals surface area contributed by atoms with Gasteiger partial charge >= 0.3 is 5.97 Å². The smallest absolute Gasteiger partial charge is 0.306 e. The Morgan fingerprint density at radius 3 is 2.64 bits per heavy atom. The van der Waals surface area contributed by atoms with Gasteiger partial charge in [0.2, 0.25) is 0 Å². The number of aromatic nitrogens is 2. The summed E-state index contributed by atoms with van der Waals surface area (Å²) in [6.45, 7) is 3.50. The largest absolute Gasteiger partial charge is 0.456 e. The van der Waals surface area contributed by atoms with Crippen molar-refractivity contribution in [3.05, 3.63) is 41.7 Å². The molecule has 2 bridgehead atoms. The average molecular weight is 381 g/mol. The number of anilines is 1. The summed E-state index contributed by atoms with van der Waals surface area (Å²) in [5.41, 5.74) is 3.16. The van der Waals surface area contributed by atoms with E-state index in [4.69, 9.17) is 4.74 Å². The Bertz CT molecular complexity index is 875. The van der Waals surface area contributed by atoms with Gasteiger partial charge in [0.25, 0.3) is 5.91 Å². The Balaban J connectivity index is 1.31. The van der Waals surface area contributed by atoms with Crippen LogP contribution in [0.2, 0.25) is 0 Å². The van der Waals surface area contributed by atoms with E-state index in [9.17, 15) is 9.59 Å². The van der Waals surface area contributed by atoms with Crippen LogP contribution in [0.3, 0.4) is 0 Å². The highest BCUT2D eigenvalue weighted by Gasteiger charge is 2.40. The van der Waals surface area contributed by atoms with Crippen LogP contribution in [-0.2, 0) is 14.3 Å². The number of rotatable bonds is 6. The first-order valence-corrected chi connectivity index (χ1v) is 10.1. The molecule has 148 valence electrons. The lowest BCUT2D eigenvalue weighted by molar-refractivity contribution is -0.148. The van der Waals surface area contributed by atoms with Crippen molar-refractivity contribution in [1.29, 1.82) is 0 Å². The monoisotopic (exact) mass is 381 g/mol. The summed E-state index contributed by atoms with van der Waals surface area (Å²) in [6, 6.07) is 9.76. The molecule has 0 saturated heterocycles. The maximum absolute atomic E-state index is 12.3. The number of carbonyl (C=O) groups is 2. The molecule has 3 atom stereocenters. The second kappa shape index (κ2) is 7.78. The first-order chi connectivity index (χ1) is 13.5. The van der Waals surface area contributed by atoms with E-state index in [1.165, 1.54) is 19.3 Å². The molecule has 6 heteroatoms. The predicted octanol–water partition coefficient (Wildman–Crippen LogP) is 3.80. The lowest BCUT2D eigenvalue weighted by Crippen LogP contribution is -2.23. The number of para-hydroxylation sites is 1. The van der Waals surface area contributed by atoms with Gasteiger partial charge in [0.15, 0.2) is 6.61 Å². The van der Waals surface area contributed by atoms with Gasteiger partial charge in [-0.3, -0.25) is 9.59 Å². The normalized spacial score (nSPS) is 23.0. The zero-order chi connectivity index (χ0) is 19.7. The molecule has 2 saturated carbocycles. The third-order valence-corrected chi connectivity index (χ3v) is 6.23. The van der Waals surface area contributed by atoms with Crippen LogP contribution in [-0.4, -0.2) is 28.3 Å². The number of esters is 1. The maximum atomic E-state index is 12.3. The number of aryl methyl sites for hydroxylation is 1. The van der Waals surface area contributed by atoms with Crippen molar-refractivity contribution >= 4 is 17.6 Å². The zero-order valence-electron chi connectivity index (χ0n) is 16.5. The van der Waals surface area contributed by atoms with Crippen molar-refractivity contribution in [2.24, 2.45) is 17.8 Å². The second-order valence-corrected chi connectivity index (χ2v) is 8.14. The number of hydrogen-bond donors (Lipinski definition) is 1. The van der Waals surface area contributed by atoms with Gasteiger partial charge in [-0.15, -0.1) is 0 Å². The molecule has 1 N–H and O–H groups in total. The van der Waals surface area contributed by atoms with Gasteiger partial charge in [-0.05, 0) is 63.0 Å². The van der Waals surface area contributed by atoms with E-state index in [0.29, 0.717) is 23.9 Å². The van der Waals surface area contributed by atoms with Crippen molar-refractivity contribution < 1.29 is 14.3 Å². The summed E-state index contributed by atoms with van der Waals surface area (Å²) in [5, 5.41) is 7.36. The third kappa shape index (κ3) is 3.81. The molecule has 2 aliphatic rings. The molecule has 2 aliphatic carbocycles. The molecule has 0 aliphatic heterocycles. The molecule has 1 aromatic carbocycles. The Morgan fingerprint density at radius 1 is 1.18 bits per heavy atom. The molecule has 2 fully saturated rings. The van der Waals surface area contributed by atoms with Crippen LogP contribution in [0.1, 0.15) is 43.5 Å². The maximum Gasteiger partial charge on any atom is 0.306 e. The fraction of sp³-hybridized carbons (Fsp3) is 0.500. The van der Waals surface area contributed by atoms with E-state index in [-0.39, 0.29) is 18.5 Å². The Kier molecular flexibility index (Phi) is 5.20. The van der Waals surface area contributed by atoms with Crippen LogP contribution in [0.15, 0.2) is 30.3 Å². The van der Waals surface area contributed by atoms with E-state index in [2.05, 4.69) is 10.4 Å². The average Bonchev–Trinajstić information content (AvgIpc) is 3.38. The van der Waals surface area contributed by atoms with Crippen LogP contribution in [0.4, 0.5) is 5.69 Å². The van der Waals surface area contributed by atoms with E-state index in [1.54, 1.807) is 4.68 Å². The predicted molar refractivity (Wildman–Crippen MR) is 106 cm³/mol. The van der Waals surface area contributed by atoms with Crippen LogP contribution in [0, 0.1) is 31.6 Å². The fourth-order valence-electron chi connectivity index (χ4n) is 4.87. The van der Waals surface area contributed by atoms with Gasteiger partial charge in [0, 0.05) is 6.42 Å². The van der Waals surface area contributed by atoms with Crippen molar-refractivity contribution in [2.75, 3.05) is 11.9 Å². The number of hydrogen-bond acceptors (Lipinski definition) is 4. The molecule has 1 amide bonds. The summed E-state index contributed by atoms with van der Waals surface area (Å²) in [6.07, 6.45) is 5.41. The Labute approximate surface area is 165 Å². The molecule has 2 aromatic rings. The van der Waals surface area contributed by atoms with Crippen LogP contribution >= 0.6 is 0 Å². The highest BCUT2D eigenvalue weighted by molar-refractivity contribution is 5.93. The van der Waals surface area contributed by atoms with Crippen molar-refractivity contribution in [3.63, 3.8) is 0 Å².